The quantitative estimate of drug-likeness (QED) is 0.790. The van der Waals surface area contributed by atoms with Gasteiger partial charge in [0.1, 0.15) is 23.6 Å². The number of hydrogen-bond acceptors (Lipinski definition) is 6. The number of carbonyl (C=O) groups excluding carboxylic acids is 1. The van der Waals surface area contributed by atoms with Gasteiger partial charge in [0.15, 0.2) is 0 Å². The fraction of sp³-hybridized carbons (Fsp3) is 0.150. The molecule has 2 heterocycles. The monoisotopic (exact) mass is 384 g/mol. The molecule has 2 aromatic rings. The number of fused-ring (bicyclic) bond motifs is 3. The van der Waals surface area contributed by atoms with Crippen LogP contribution in [-0.2, 0) is 9.53 Å². The van der Waals surface area contributed by atoms with E-state index in [-0.39, 0.29) is 13.0 Å². The van der Waals surface area contributed by atoms with Gasteiger partial charge in [0.05, 0.1) is 12.3 Å². The van der Waals surface area contributed by atoms with Crippen LogP contribution in [0.15, 0.2) is 66.2 Å². The lowest BCUT2D eigenvalue weighted by Crippen LogP contribution is -2.33. The topological polar surface area (TPSA) is 62.2 Å². The Morgan fingerprint density at radius 2 is 1.93 bits per heavy atom. The van der Waals surface area contributed by atoms with Crippen molar-refractivity contribution in [1.29, 1.82) is 0 Å². The van der Waals surface area contributed by atoms with Crippen molar-refractivity contribution in [2.24, 2.45) is 0 Å². The minimum Gasteiger partial charge on any atom is -0.466 e. The normalized spacial score (nSPS) is 15.1. The molecule has 0 spiro atoms. The van der Waals surface area contributed by atoms with E-state index >= 15 is 0 Å². The third-order valence-corrected chi connectivity index (χ3v) is 4.54. The van der Waals surface area contributed by atoms with E-state index in [1.807, 2.05) is 24.3 Å². The fourth-order valence-electron chi connectivity index (χ4n) is 3.11. The molecule has 2 aliphatic rings. The second-order valence-corrected chi connectivity index (χ2v) is 6.44. The number of carbonyl (C=O) groups is 1. The molecular weight excluding hydrogens is 368 g/mol. The standard InChI is InChI=1S/C20H17ClN2O4/c1-2-26-19(24)11-18-20-16(15-5-3-4-6-17(15)27-18)12-22(23(20)25)14-9-7-13(21)8-10-14/h3-10,12,25H,2,11H2,1H3. The summed E-state index contributed by atoms with van der Waals surface area (Å²) in [6.07, 6.45) is 1.71. The Labute approximate surface area is 161 Å². The Morgan fingerprint density at radius 1 is 1.19 bits per heavy atom. The van der Waals surface area contributed by atoms with Crippen LogP contribution in [0.25, 0.3) is 5.57 Å². The molecule has 2 aliphatic heterocycles. The number of hydrogen-bond donors (Lipinski definition) is 1. The second kappa shape index (κ2) is 6.98. The minimum absolute atomic E-state index is 0.0830. The number of halogens is 1. The van der Waals surface area contributed by atoms with Gasteiger partial charge in [-0.3, -0.25) is 10.0 Å². The highest BCUT2D eigenvalue weighted by Crippen LogP contribution is 2.45. The van der Waals surface area contributed by atoms with Crippen LogP contribution in [0.5, 0.6) is 5.75 Å². The smallest absolute Gasteiger partial charge is 0.313 e. The first kappa shape index (κ1) is 17.5. The van der Waals surface area contributed by atoms with Gasteiger partial charge in [0, 0.05) is 22.4 Å². The maximum absolute atomic E-state index is 12.0. The molecule has 138 valence electrons. The summed E-state index contributed by atoms with van der Waals surface area (Å²) >= 11 is 5.96. The number of nitrogens with zero attached hydrogens (tertiary/aromatic N) is 2. The summed E-state index contributed by atoms with van der Waals surface area (Å²) in [5.74, 6) is 0.535. The molecule has 0 aromatic heterocycles. The zero-order chi connectivity index (χ0) is 19.0. The first-order valence-electron chi connectivity index (χ1n) is 8.50. The SMILES string of the molecule is CCOC(=O)CC1=C2C(=CN(c3ccc(Cl)cc3)N2O)c2ccccc2O1. The van der Waals surface area contributed by atoms with E-state index in [0.717, 1.165) is 16.3 Å². The van der Waals surface area contributed by atoms with E-state index in [1.165, 1.54) is 0 Å². The molecule has 0 saturated heterocycles. The lowest BCUT2D eigenvalue weighted by atomic mass is 9.99. The Kier molecular flexibility index (Phi) is 4.51. The Bertz CT molecular complexity index is 953. The lowest BCUT2D eigenvalue weighted by Gasteiger charge is -2.28. The molecule has 2 aromatic carbocycles. The molecule has 27 heavy (non-hydrogen) atoms. The highest BCUT2D eigenvalue weighted by Gasteiger charge is 2.37. The molecule has 7 heteroatoms. The van der Waals surface area contributed by atoms with Crippen LogP contribution in [0.2, 0.25) is 5.02 Å². The molecular formula is C20H17ClN2O4. The Morgan fingerprint density at radius 3 is 2.67 bits per heavy atom. The molecule has 0 saturated carbocycles. The summed E-state index contributed by atoms with van der Waals surface area (Å²) in [7, 11) is 0. The number of ether oxygens (including phenoxy) is 2. The van der Waals surface area contributed by atoms with Crippen molar-refractivity contribution in [3.63, 3.8) is 0 Å². The van der Waals surface area contributed by atoms with Gasteiger partial charge in [-0.15, -0.1) is 0 Å². The van der Waals surface area contributed by atoms with Gasteiger partial charge in [-0.25, -0.2) is 5.01 Å². The summed E-state index contributed by atoms with van der Waals surface area (Å²) < 4.78 is 11.0. The van der Waals surface area contributed by atoms with Crippen LogP contribution < -0.4 is 9.75 Å². The molecule has 6 nitrogen and oxygen atoms in total. The summed E-state index contributed by atoms with van der Waals surface area (Å²) in [6, 6.07) is 14.5. The van der Waals surface area contributed by atoms with E-state index in [2.05, 4.69) is 0 Å². The zero-order valence-corrected chi connectivity index (χ0v) is 15.3. The van der Waals surface area contributed by atoms with E-state index in [0.29, 0.717) is 27.9 Å². The second-order valence-electron chi connectivity index (χ2n) is 6.01. The molecule has 0 atom stereocenters. The molecule has 0 unspecified atom stereocenters. The highest BCUT2D eigenvalue weighted by atomic mass is 35.5. The van der Waals surface area contributed by atoms with Gasteiger partial charge >= 0.3 is 5.97 Å². The molecule has 0 fully saturated rings. The van der Waals surface area contributed by atoms with Crippen LogP contribution >= 0.6 is 11.6 Å². The van der Waals surface area contributed by atoms with Gasteiger partial charge < -0.3 is 9.47 Å². The van der Waals surface area contributed by atoms with Crippen molar-refractivity contribution in [1.82, 2.24) is 5.17 Å². The van der Waals surface area contributed by atoms with Crippen molar-refractivity contribution in [2.45, 2.75) is 13.3 Å². The Balaban J connectivity index is 1.79. The third kappa shape index (κ3) is 3.13. The molecule has 0 radical (unpaired) electrons. The number of anilines is 1. The first-order valence-corrected chi connectivity index (χ1v) is 8.88. The number of esters is 1. The van der Waals surface area contributed by atoms with Crippen LogP contribution in [0.3, 0.4) is 0 Å². The van der Waals surface area contributed by atoms with Crippen LogP contribution in [0.1, 0.15) is 18.9 Å². The summed E-state index contributed by atoms with van der Waals surface area (Å²) in [5.41, 5.74) is 2.71. The van der Waals surface area contributed by atoms with E-state index in [9.17, 15) is 10.0 Å². The van der Waals surface area contributed by atoms with E-state index < -0.39 is 5.97 Å². The summed E-state index contributed by atoms with van der Waals surface area (Å²) in [6.45, 7) is 2.02. The maximum atomic E-state index is 12.0. The van der Waals surface area contributed by atoms with Crippen molar-refractivity contribution < 1.29 is 19.5 Å². The van der Waals surface area contributed by atoms with Crippen LogP contribution in [0.4, 0.5) is 5.69 Å². The fourth-order valence-corrected chi connectivity index (χ4v) is 3.24. The first-order chi connectivity index (χ1) is 13.1. The summed E-state index contributed by atoms with van der Waals surface area (Å²) in [5, 5.41) is 14.0. The molecule has 1 N–H and O–H groups in total. The predicted molar refractivity (Wildman–Crippen MR) is 101 cm³/mol. The maximum Gasteiger partial charge on any atom is 0.313 e. The van der Waals surface area contributed by atoms with Crippen molar-refractivity contribution in [3.8, 4) is 5.75 Å². The summed E-state index contributed by atoms with van der Waals surface area (Å²) in [4.78, 5) is 12.0. The van der Waals surface area contributed by atoms with Crippen molar-refractivity contribution in [2.75, 3.05) is 11.6 Å². The van der Waals surface area contributed by atoms with Crippen molar-refractivity contribution in [3.05, 3.63) is 76.8 Å². The highest BCUT2D eigenvalue weighted by molar-refractivity contribution is 6.30. The average molecular weight is 385 g/mol. The number of rotatable bonds is 4. The van der Waals surface area contributed by atoms with Gasteiger partial charge in [0.2, 0.25) is 0 Å². The van der Waals surface area contributed by atoms with Crippen molar-refractivity contribution >= 4 is 28.8 Å². The number of allylic oxidation sites excluding steroid dienone is 1. The van der Waals surface area contributed by atoms with Gasteiger partial charge in [-0.1, -0.05) is 29.8 Å². The van der Waals surface area contributed by atoms with Gasteiger partial charge in [-0.05, 0) is 37.3 Å². The van der Waals surface area contributed by atoms with Crippen LogP contribution in [-0.4, -0.2) is 23.0 Å². The third-order valence-electron chi connectivity index (χ3n) is 4.29. The molecule has 0 aliphatic carbocycles. The lowest BCUT2D eigenvalue weighted by molar-refractivity contribution is -0.142. The number of hydrazine groups is 1. The number of para-hydroxylation sites is 1. The average Bonchev–Trinajstić information content (AvgIpc) is 3.01. The molecule has 4 rings (SSSR count). The number of benzene rings is 2. The Hall–Kier alpha value is -2.96. The largest absolute Gasteiger partial charge is 0.466 e. The molecule has 0 bridgehead atoms. The molecule has 0 amide bonds. The van der Waals surface area contributed by atoms with E-state index in [1.54, 1.807) is 42.4 Å². The number of hydroxylamine groups is 1. The van der Waals surface area contributed by atoms with E-state index in [4.69, 9.17) is 21.1 Å². The van der Waals surface area contributed by atoms with Crippen LogP contribution in [0, 0.1) is 0 Å². The van der Waals surface area contributed by atoms with Gasteiger partial charge in [-0.2, -0.15) is 5.17 Å². The zero-order valence-electron chi connectivity index (χ0n) is 14.6. The predicted octanol–water partition coefficient (Wildman–Crippen LogP) is 4.36. The minimum atomic E-state index is -0.419. The van der Waals surface area contributed by atoms with Gasteiger partial charge in [0.25, 0.3) is 0 Å².